The fourth-order valence-corrected chi connectivity index (χ4v) is 4.58. The smallest absolute Gasteiger partial charge is 0.269 e. The van der Waals surface area contributed by atoms with Crippen LogP contribution in [0.25, 0.3) is 0 Å². The Morgan fingerprint density at radius 2 is 1.60 bits per heavy atom. The average Bonchev–Trinajstić information content (AvgIpc) is 3.39. The van der Waals surface area contributed by atoms with Gasteiger partial charge in [0.1, 0.15) is 23.5 Å². The van der Waals surface area contributed by atoms with Gasteiger partial charge in [-0.25, -0.2) is 9.96 Å². The van der Waals surface area contributed by atoms with Gasteiger partial charge in [0.05, 0.1) is 30.5 Å². The number of nitro groups is 1. The van der Waals surface area contributed by atoms with E-state index in [1.807, 2.05) is 30.3 Å². The van der Waals surface area contributed by atoms with Gasteiger partial charge in [-0.1, -0.05) is 18.2 Å². The Morgan fingerprint density at radius 3 is 2.23 bits per heavy atom. The third kappa shape index (κ3) is 3.64. The van der Waals surface area contributed by atoms with Crippen molar-refractivity contribution in [2.45, 2.75) is 12.1 Å². The first-order valence-electron chi connectivity index (χ1n) is 10.8. The van der Waals surface area contributed by atoms with Gasteiger partial charge >= 0.3 is 0 Å². The summed E-state index contributed by atoms with van der Waals surface area (Å²) >= 11 is 0. The number of fused-ring (bicyclic) bond motifs is 1. The van der Waals surface area contributed by atoms with Crippen LogP contribution in [0.15, 0.2) is 72.8 Å². The van der Waals surface area contributed by atoms with E-state index in [2.05, 4.69) is 0 Å². The second kappa shape index (κ2) is 8.73. The second-order valence-electron chi connectivity index (χ2n) is 8.05. The van der Waals surface area contributed by atoms with Crippen molar-refractivity contribution in [3.8, 4) is 11.5 Å². The summed E-state index contributed by atoms with van der Waals surface area (Å²) in [5.74, 6) is -0.837. The fourth-order valence-electron chi connectivity index (χ4n) is 4.58. The molecular weight excluding hydrogens is 454 g/mol. The summed E-state index contributed by atoms with van der Waals surface area (Å²) in [6, 6.07) is 19.0. The Kier molecular flexibility index (Phi) is 5.58. The number of methoxy groups -OCH3 is 2. The van der Waals surface area contributed by atoms with E-state index in [1.165, 1.54) is 38.5 Å². The highest BCUT2D eigenvalue weighted by Crippen LogP contribution is 2.50. The molecule has 0 bridgehead atoms. The predicted molar refractivity (Wildman–Crippen MR) is 125 cm³/mol. The lowest BCUT2D eigenvalue weighted by molar-refractivity contribution is -0.384. The van der Waals surface area contributed by atoms with E-state index >= 15 is 0 Å². The van der Waals surface area contributed by atoms with Gasteiger partial charge in [0.15, 0.2) is 6.10 Å². The van der Waals surface area contributed by atoms with Crippen LogP contribution >= 0.6 is 0 Å². The highest BCUT2D eigenvalue weighted by Gasteiger charge is 2.60. The molecule has 0 aromatic heterocycles. The Bertz CT molecular complexity index is 1300. The van der Waals surface area contributed by atoms with Crippen LogP contribution in [0.2, 0.25) is 0 Å². The molecular formula is C25H21N3O7. The number of nitro benzene ring substituents is 1. The highest BCUT2D eigenvalue weighted by molar-refractivity contribution is 6.24. The lowest BCUT2D eigenvalue weighted by atomic mass is 9.89. The number of amides is 2. The fraction of sp³-hybridized carbons (Fsp3) is 0.200. The molecule has 2 aliphatic rings. The summed E-state index contributed by atoms with van der Waals surface area (Å²) in [6.45, 7) is 0. The summed E-state index contributed by atoms with van der Waals surface area (Å²) in [5, 5.41) is 12.6. The van der Waals surface area contributed by atoms with Gasteiger partial charge in [0.2, 0.25) is 5.91 Å². The van der Waals surface area contributed by atoms with E-state index in [-0.39, 0.29) is 11.4 Å². The summed E-state index contributed by atoms with van der Waals surface area (Å²) in [6.07, 6.45) is -1.08. The van der Waals surface area contributed by atoms with Crippen molar-refractivity contribution >= 4 is 28.9 Å². The lowest BCUT2D eigenvalue weighted by Gasteiger charge is -2.29. The molecule has 2 saturated heterocycles. The van der Waals surface area contributed by atoms with Crippen molar-refractivity contribution in [2.75, 3.05) is 24.2 Å². The number of carbonyl (C=O) groups excluding carboxylic acids is 2. The molecule has 0 aliphatic carbocycles. The van der Waals surface area contributed by atoms with Gasteiger partial charge in [-0.15, -0.1) is 0 Å². The number of para-hydroxylation sites is 1. The normalized spacial score (nSPS) is 21.3. The molecule has 3 atom stereocenters. The van der Waals surface area contributed by atoms with Crippen molar-refractivity contribution in [1.29, 1.82) is 0 Å². The first-order valence-corrected chi connectivity index (χ1v) is 10.8. The number of imide groups is 1. The van der Waals surface area contributed by atoms with Gasteiger partial charge in [0.25, 0.3) is 11.6 Å². The van der Waals surface area contributed by atoms with Gasteiger partial charge in [-0.3, -0.25) is 24.5 Å². The molecule has 3 aromatic rings. The number of rotatable bonds is 6. The Morgan fingerprint density at radius 1 is 0.886 bits per heavy atom. The van der Waals surface area contributed by atoms with Gasteiger partial charge in [-0.2, -0.15) is 0 Å². The van der Waals surface area contributed by atoms with Crippen LogP contribution in [0.5, 0.6) is 11.5 Å². The zero-order valence-corrected chi connectivity index (χ0v) is 18.9. The molecule has 35 heavy (non-hydrogen) atoms. The molecule has 2 aliphatic heterocycles. The first kappa shape index (κ1) is 22.4. The maximum Gasteiger partial charge on any atom is 0.269 e. The number of hydrogen-bond acceptors (Lipinski definition) is 8. The van der Waals surface area contributed by atoms with Gasteiger partial charge < -0.3 is 9.47 Å². The van der Waals surface area contributed by atoms with E-state index in [9.17, 15) is 19.7 Å². The highest BCUT2D eigenvalue weighted by atomic mass is 16.7. The standard InChI is InChI=1S/C25H21N3O7/c1-33-18-12-13-20(34-2)19(14-18)22-21-23(35-27(22)16-6-4-3-5-7-16)25(30)26(24(21)29)15-8-10-17(11-9-15)28(31)32/h3-14,21-23H,1-2H3. The lowest BCUT2D eigenvalue weighted by Crippen LogP contribution is -2.37. The number of ether oxygens (including phenoxy) is 2. The van der Waals surface area contributed by atoms with Crippen LogP contribution in [0.4, 0.5) is 17.1 Å². The molecule has 0 radical (unpaired) electrons. The van der Waals surface area contributed by atoms with Crippen molar-refractivity contribution < 1.29 is 28.8 Å². The van der Waals surface area contributed by atoms with Gasteiger partial charge in [0, 0.05) is 17.7 Å². The minimum absolute atomic E-state index is 0.140. The minimum atomic E-state index is -1.08. The van der Waals surface area contributed by atoms with Gasteiger partial charge in [-0.05, 0) is 42.5 Å². The van der Waals surface area contributed by atoms with Crippen molar-refractivity contribution in [1.82, 2.24) is 0 Å². The van der Waals surface area contributed by atoms with E-state index in [0.717, 1.165) is 4.90 Å². The Balaban J connectivity index is 1.60. The maximum atomic E-state index is 13.7. The number of non-ortho nitro benzene ring substituents is 1. The monoisotopic (exact) mass is 475 g/mol. The third-order valence-corrected chi connectivity index (χ3v) is 6.20. The van der Waals surface area contributed by atoms with Crippen LogP contribution in [-0.2, 0) is 14.4 Å². The molecule has 3 aromatic carbocycles. The number of carbonyl (C=O) groups is 2. The summed E-state index contributed by atoms with van der Waals surface area (Å²) < 4.78 is 11.0. The van der Waals surface area contributed by atoms with Crippen molar-refractivity contribution in [2.24, 2.45) is 5.92 Å². The van der Waals surface area contributed by atoms with E-state index in [0.29, 0.717) is 22.7 Å². The van der Waals surface area contributed by atoms with Crippen LogP contribution < -0.4 is 19.4 Å². The third-order valence-electron chi connectivity index (χ3n) is 6.20. The zero-order chi connectivity index (χ0) is 24.7. The molecule has 2 amide bonds. The van der Waals surface area contributed by atoms with Crippen molar-refractivity contribution in [3.63, 3.8) is 0 Å². The van der Waals surface area contributed by atoms with E-state index < -0.39 is 34.8 Å². The summed E-state index contributed by atoms with van der Waals surface area (Å²) in [5.41, 5.74) is 1.39. The first-order chi connectivity index (χ1) is 16.9. The summed E-state index contributed by atoms with van der Waals surface area (Å²) in [4.78, 5) is 44.8. The maximum absolute atomic E-state index is 13.7. The molecule has 3 unspecified atom stereocenters. The van der Waals surface area contributed by atoms with Crippen LogP contribution in [-0.4, -0.2) is 37.1 Å². The molecule has 5 rings (SSSR count). The number of nitrogens with zero attached hydrogens (tertiary/aromatic N) is 3. The number of hydrogen-bond donors (Lipinski definition) is 0. The van der Waals surface area contributed by atoms with Crippen LogP contribution in [0, 0.1) is 16.0 Å². The molecule has 0 saturated carbocycles. The van der Waals surface area contributed by atoms with Crippen LogP contribution in [0.3, 0.4) is 0 Å². The molecule has 0 N–H and O–H groups in total. The predicted octanol–water partition coefficient (Wildman–Crippen LogP) is 3.66. The SMILES string of the molecule is COc1ccc(OC)c(C2C3C(=O)N(c4ccc([N+](=O)[O-])cc4)C(=O)C3ON2c2ccccc2)c1. The van der Waals surface area contributed by atoms with Crippen LogP contribution in [0.1, 0.15) is 11.6 Å². The molecule has 0 spiro atoms. The largest absolute Gasteiger partial charge is 0.497 e. The number of benzene rings is 3. The number of anilines is 2. The second-order valence-corrected chi connectivity index (χ2v) is 8.05. The molecule has 178 valence electrons. The summed E-state index contributed by atoms with van der Waals surface area (Å²) in [7, 11) is 3.06. The van der Waals surface area contributed by atoms with E-state index in [1.54, 1.807) is 23.3 Å². The Labute approximate surface area is 200 Å². The Hall–Kier alpha value is -4.44. The zero-order valence-electron chi connectivity index (χ0n) is 18.9. The molecule has 2 heterocycles. The van der Waals surface area contributed by atoms with E-state index in [4.69, 9.17) is 14.3 Å². The molecule has 2 fully saturated rings. The molecule has 10 nitrogen and oxygen atoms in total. The number of hydroxylamine groups is 1. The molecule has 10 heteroatoms. The quantitative estimate of drug-likeness (QED) is 0.302. The average molecular weight is 475 g/mol. The van der Waals surface area contributed by atoms with Crippen molar-refractivity contribution in [3.05, 3.63) is 88.5 Å². The topological polar surface area (TPSA) is 111 Å². The minimum Gasteiger partial charge on any atom is -0.497 e.